The lowest BCUT2D eigenvalue weighted by atomic mass is 10.3. The smallest absolute Gasteiger partial charge is 0.269 e. The molecule has 0 bridgehead atoms. The number of anilines is 1. The van der Waals surface area contributed by atoms with Crippen molar-refractivity contribution in [1.82, 2.24) is 0 Å². The molecule has 2 aromatic rings. The van der Waals surface area contributed by atoms with E-state index in [0.29, 0.717) is 23.8 Å². The highest BCUT2D eigenvalue weighted by atomic mass is 32.1. The van der Waals surface area contributed by atoms with E-state index in [-0.39, 0.29) is 18.9 Å². The van der Waals surface area contributed by atoms with Gasteiger partial charge in [0.05, 0.1) is 28.8 Å². The second-order valence-electron chi connectivity index (χ2n) is 4.52. The number of thiophene rings is 1. The van der Waals surface area contributed by atoms with Gasteiger partial charge in [-0.25, -0.2) is 0 Å². The summed E-state index contributed by atoms with van der Waals surface area (Å²) in [4.78, 5) is 12.0. The number of nitro benzene ring substituents is 1. The lowest BCUT2D eigenvalue weighted by Crippen LogP contribution is -2.28. The van der Waals surface area contributed by atoms with Gasteiger partial charge in [0.1, 0.15) is 5.00 Å². The van der Waals surface area contributed by atoms with Gasteiger partial charge in [0, 0.05) is 25.2 Å². The van der Waals surface area contributed by atoms with Crippen LogP contribution in [0.2, 0.25) is 0 Å². The molecule has 2 N–H and O–H groups in total. The van der Waals surface area contributed by atoms with Crippen LogP contribution < -0.4 is 4.90 Å². The van der Waals surface area contributed by atoms with Gasteiger partial charge in [0.15, 0.2) is 0 Å². The molecule has 0 radical (unpaired) electrons. The Morgan fingerprint density at radius 2 is 1.70 bits per heavy atom. The van der Waals surface area contributed by atoms with Crippen LogP contribution in [0.4, 0.5) is 21.4 Å². The van der Waals surface area contributed by atoms with E-state index in [4.69, 9.17) is 10.2 Å². The number of hydrogen-bond donors (Lipinski definition) is 2. The Morgan fingerprint density at radius 3 is 2.26 bits per heavy atom. The van der Waals surface area contributed by atoms with Crippen LogP contribution in [-0.2, 0) is 0 Å². The molecule has 0 amide bonds. The third-order valence-electron chi connectivity index (χ3n) is 2.95. The predicted molar refractivity (Wildman–Crippen MR) is 88.0 cm³/mol. The SMILES string of the molecule is O=[N+]([O-])c1ccc(N=Nc2ccc(N(CCO)CCO)s2)cc1. The van der Waals surface area contributed by atoms with Gasteiger partial charge < -0.3 is 15.1 Å². The molecule has 0 aliphatic carbocycles. The van der Waals surface area contributed by atoms with Gasteiger partial charge >= 0.3 is 0 Å². The zero-order chi connectivity index (χ0) is 16.7. The molecular formula is C14H16N4O4S. The summed E-state index contributed by atoms with van der Waals surface area (Å²) in [6, 6.07) is 9.44. The van der Waals surface area contributed by atoms with Crippen molar-refractivity contribution in [2.24, 2.45) is 10.2 Å². The van der Waals surface area contributed by atoms with E-state index in [0.717, 1.165) is 5.00 Å². The second kappa shape index (κ2) is 8.32. The lowest BCUT2D eigenvalue weighted by molar-refractivity contribution is -0.384. The quantitative estimate of drug-likeness (QED) is 0.437. The maximum atomic E-state index is 10.6. The molecule has 0 fully saturated rings. The maximum absolute atomic E-state index is 10.6. The van der Waals surface area contributed by atoms with E-state index in [2.05, 4.69) is 10.2 Å². The molecule has 0 spiro atoms. The van der Waals surface area contributed by atoms with Crippen LogP contribution in [0.3, 0.4) is 0 Å². The summed E-state index contributed by atoms with van der Waals surface area (Å²) in [5.74, 6) is 0. The monoisotopic (exact) mass is 336 g/mol. The molecular weight excluding hydrogens is 320 g/mol. The zero-order valence-electron chi connectivity index (χ0n) is 12.2. The van der Waals surface area contributed by atoms with Crippen LogP contribution >= 0.6 is 11.3 Å². The molecule has 8 nitrogen and oxygen atoms in total. The number of nitro groups is 1. The summed E-state index contributed by atoms with van der Waals surface area (Å²) in [5, 5.41) is 38.3. The number of rotatable bonds is 8. The van der Waals surface area contributed by atoms with E-state index in [1.807, 2.05) is 11.0 Å². The minimum Gasteiger partial charge on any atom is -0.395 e. The van der Waals surface area contributed by atoms with Gasteiger partial charge in [0.25, 0.3) is 5.69 Å². The second-order valence-corrected chi connectivity index (χ2v) is 5.56. The number of azo groups is 1. The van der Waals surface area contributed by atoms with Crippen molar-refractivity contribution in [1.29, 1.82) is 0 Å². The van der Waals surface area contributed by atoms with Crippen LogP contribution in [-0.4, -0.2) is 41.4 Å². The summed E-state index contributed by atoms with van der Waals surface area (Å²) < 4.78 is 0. The Bertz CT molecular complexity index is 666. The molecule has 1 aromatic carbocycles. The molecule has 0 saturated heterocycles. The van der Waals surface area contributed by atoms with Crippen molar-refractivity contribution in [3.8, 4) is 0 Å². The van der Waals surface area contributed by atoms with Crippen molar-refractivity contribution in [2.75, 3.05) is 31.2 Å². The zero-order valence-corrected chi connectivity index (χ0v) is 13.0. The van der Waals surface area contributed by atoms with Crippen molar-refractivity contribution >= 4 is 32.7 Å². The number of benzene rings is 1. The van der Waals surface area contributed by atoms with Gasteiger partial charge in [-0.2, -0.15) is 0 Å². The fourth-order valence-corrected chi connectivity index (χ4v) is 2.74. The Labute approximate surface area is 136 Å². The minimum atomic E-state index is -0.469. The Hall–Kier alpha value is -2.36. The third kappa shape index (κ3) is 4.81. The van der Waals surface area contributed by atoms with E-state index in [1.165, 1.54) is 35.6 Å². The molecule has 0 aliphatic rings. The average molecular weight is 336 g/mol. The maximum Gasteiger partial charge on any atom is 0.269 e. The van der Waals surface area contributed by atoms with Crippen molar-refractivity contribution in [3.05, 3.63) is 46.5 Å². The summed E-state index contributed by atoms with van der Waals surface area (Å²) in [6.45, 7) is 0.856. The van der Waals surface area contributed by atoms with Gasteiger partial charge in [-0.1, -0.05) is 11.3 Å². The minimum absolute atomic E-state index is 0.00243. The highest BCUT2D eigenvalue weighted by Crippen LogP contribution is 2.33. The number of aliphatic hydroxyl groups excluding tert-OH is 2. The summed E-state index contributed by atoms with van der Waals surface area (Å²) in [7, 11) is 0. The molecule has 1 aromatic heterocycles. The van der Waals surface area contributed by atoms with Crippen molar-refractivity contribution in [3.63, 3.8) is 0 Å². The van der Waals surface area contributed by atoms with Crippen LogP contribution in [0.25, 0.3) is 0 Å². The fourth-order valence-electron chi connectivity index (χ4n) is 1.86. The topological polar surface area (TPSA) is 112 Å². The molecule has 122 valence electrons. The Balaban J connectivity index is 2.06. The highest BCUT2D eigenvalue weighted by molar-refractivity contribution is 7.19. The first-order valence-corrected chi connectivity index (χ1v) is 7.68. The molecule has 0 aliphatic heterocycles. The number of hydrogen-bond acceptors (Lipinski definition) is 8. The van der Waals surface area contributed by atoms with Crippen LogP contribution in [0.1, 0.15) is 0 Å². The fraction of sp³-hybridized carbons (Fsp3) is 0.286. The number of aliphatic hydroxyl groups is 2. The Morgan fingerprint density at radius 1 is 1.04 bits per heavy atom. The lowest BCUT2D eigenvalue weighted by Gasteiger charge is -2.20. The van der Waals surface area contributed by atoms with Gasteiger partial charge in [-0.15, -0.1) is 10.2 Å². The first-order valence-electron chi connectivity index (χ1n) is 6.86. The standard InChI is InChI=1S/C14H16N4O4S/c19-9-7-17(8-10-20)14-6-5-13(23-14)16-15-11-1-3-12(4-2-11)18(21)22/h1-6,19-20H,7-10H2. The van der Waals surface area contributed by atoms with Crippen LogP contribution in [0.15, 0.2) is 46.6 Å². The van der Waals surface area contributed by atoms with E-state index in [9.17, 15) is 10.1 Å². The predicted octanol–water partition coefficient (Wildman–Crippen LogP) is 2.86. The number of non-ortho nitro benzene ring substituents is 1. The van der Waals surface area contributed by atoms with Gasteiger partial charge in [-0.3, -0.25) is 10.1 Å². The molecule has 23 heavy (non-hydrogen) atoms. The van der Waals surface area contributed by atoms with E-state index in [1.54, 1.807) is 6.07 Å². The normalized spacial score (nSPS) is 11.0. The third-order valence-corrected chi connectivity index (χ3v) is 3.98. The first-order chi connectivity index (χ1) is 11.1. The van der Waals surface area contributed by atoms with Crippen molar-refractivity contribution in [2.45, 2.75) is 0 Å². The van der Waals surface area contributed by atoms with E-state index >= 15 is 0 Å². The van der Waals surface area contributed by atoms with Crippen LogP contribution in [0, 0.1) is 10.1 Å². The molecule has 9 heteroatoms. The molecule has 0 saturated carbocycles. The molecule has 0 atom stereocenters. The largest absolute Gasteiger partial charge is 0.395 e. The first kappa shape index (κ1) is 17.0. The highest BCUT2D eigenvalue weighted by Gasteiger charge is 2.08. The van der Waals surface area contributed by atoms with E-state index < -0.39 is 4.92 Å². The summed E-state index contributed by atoms with van der Waals surface area (Å²) in [6.07, 6.45) is 0. The van der Waals surface area contributed by atoms with Gasteiger partial charge in [-0.05, 0) is 24.3 Å². The average Bonchev–Trinajstić information content (AvgIpc) is 3.02. The van der Waals surface area contributed by atoms with Crippen molar-refractivity contribution < 1.29 is 15.1 Å². The number of nitrogens with zero attached hydrogens (tertiary/aromatic N) is 4. The van der Waals surface area contributed by atoms with Gasteiger partial charge in [0.2, 0.25) is 0 Å². The summed E-state index contributed by atoms with van der Waals surface area (Å²) >= 11 is 1.38. The molecule has 1 heterocycles. The molecule has 0 unspecified atom stereocenters. The Kier molecular flexibility index (Phi) is 6.15. The molecule has 2 rings (SSSR count). The van der Waals surface area contributed by atoms with Crippen LogP contribution in [0.5, 0.6) is 0 Å². The summed E-state index contributed by atoms with van der Waals surface area (Å²) in [5.41, 5.74) is 0.527.